The maximum absolute atomic E-state index is 6.34. The molecule has 1 aromatic carbocycles. The minimum absolute atomic E-state index is 0.0385. The second kappa shape index (κ2) is 6.20. The van der Waals surface area contributed by atoms with Crippen LogP contribution in [0.3, 0.4) is 0 Å². The fraction of sp³-hybridized carbons (Fsp3) is 0.176. The number of nitrogens with one attached hydrogen (secondary N) is 1. The maximum Gasteiger partial charge on any atom is 0.0640 e. The summed E-state index contributed by atoms with van der Waals surface area (Å²) in [6.07, 6.45) is 7.17. The van der Waals surface area contributed by atoms with Crippen molar-refractivity contribution in [3.63, 3.8) is 0 Å². The van der Waals surface area contributed by atoms with E-state index in [4.69, 9.17) is 11.6 Å². The molecule has 106 valence electrons. The number of fused-ring (bicyclic) bond motifs is 1. The molecule has 1 N–H and O–H groups in total. The highest BCUT2D eigenvalue weighted by atomic mass is 35.5. The molecule has 0 aliphatic rings. The van der Waals surface area contributed by atoms with Crippen molar-refractivity contribution in [3.05, 3.63) is 71.3 Å². The SMILES string of the molecule is CCNC(c1ccncc1Cl)c1cccc2cnccc12. The van der Waals surface area contributed by atoms with Gasteiger partial charge in [-0.1, -0.05) is 36.7 Å². The Balaban J connectivity index is 2.19. The van der Waals surface area contributed by atoms with Crippen LogP contribution >= 0.6 is 11.6 Å². The zero-order valence-electron chi connectivity index (χ0n) is 11.8. The molecule has 1 unspecified atom stereocenters. The summed E-state index contributed by atoms with van der Waals surface area (Å²) in [6, 6.07) is 10.3. The summed E-state index contributed by atoms with van der Waals surface area (Å²) in [5.74, 6) is 0. The molecule has 0 saturated heterocycles. The lowest BCUT2D eigenvalue weighted by Gasteiger charge is -2.21. The van der Waals surface area contributed by atoms with Gasteiger partial charge in [-0.25, -0.2) is 0 Å². The van der Waals surface area contributed by atoms with Gasteiger partial charge < -0.3 is 5.32 Å². The molecule has 1 atom stereocenters. The maximum atomic E-state index is 6.34. The quantitative estimate of drug-likeness (QED) is 0.791. The highest BCUT2D eigenvalue weighted by Gasteiger charge is 2.18. The third-order valence-corrected chi connectivity index (χ3v) is 3.86. The van der Waals surface area contributed by atoms with E-state index in [0.29, 0.717) is 5.02 Å². The second-order valence-corrected chi connectivity index (χ2v) is 5.24. The van der Waals surface area contributed by atoms with Crippen LogP contribution in [0.1, 0.15) is 24.1 Å². The number of rotatable bonds is 4. The largest absolute Gasteiger partial charge is 0.306 e. The van der Waals surface area contributed by atoms with Gasteiger partial charge in [0.25, 0.3) is 0 Å². The van der Waals surface area contributed by atoms with E-state index in [-0.39, 0.29) is 6.04 Å². The lowest BCUT2D eigenvalue weighted by atomic mass is 9.95. The number of halogens is 1. The van der Waals surface area contributed by atoms with Gasteiger partial charge in [-0.2, -0.15) is 0 Å². The normalized spacial score (nSPS) is 12.5. The predicted molar refractivity (Wildman–Crippen MR) is 86.5 cm³/mol. The summed E-state index contributed by atoms with van der Waals surface area (Å²) in [5, 5.41) is 6.51. The molecule has 4 heteroatoms. The molecule has 0 radical (unpaired) electrons. The van der Waals surface area contributed by atoms with Crippen molar-refractivity contribution in [2.75, 3.05) is 6.54 Å². The molecule has 0 fully saturated rings. The van der Waals surface area contributed by atoms with Gasteiger partial charge in [-0.15, -0.1) is 0 Å². The first-order valence-electron chi connectivity index (χ1n) is 6.96. The van der Waals surface area contributed by atoms with Crippen LogP contribution < -0.4 is 5.32 Å². The topological polar surface area (TPSA) is 37.8 Å². The van der Waals surface area contributed by atoms with E-state index in [2.05, 4.69) is 40.4 Å². The van der Waals surface area contributed by atoms with Gasteiger partial charge in [0.1, 0.15) is 0 Å². The van der Waals surface area contributed by atoms with Crippen LogP contribution in [0.2, 0.25) is 5.02 Å². The number of nitrogens with zero attached hydrogens (tertiary/aromatic N) is 2. The number of pyridine rings is 2. The Morgan fingerprint density at radius 3 is 2.67 bits per heavy atom. The number of hydrogen-bond donors (Lipinski definition) is 1. The lowest BCUT2D eigenvalue weighted by molar-refractivity contribution is 0.634. The molecule has 0 aliphatic carbocycles. The van der Waals surface area contributed by atoms with E-state index in [9.17, 15) is 0 Å². The number of benzene rings is 1. The standard InChI is InChI=1S/C17H16ClN3/c1-2-21-17(15-7-9-20-11-16(15)18)14-5-3-4-12-10-19-8-6-13(12)14/h3-11,17,21H,2H2,1H3. The van der Waals surface area contributed by atoms with Crippen molar-refractivity contribution in [1.29, 1.82) is 0 Å². The second-order valence-electron chi connectivity index (χ2n) is 4.83. The third-order valence-electron chi connectivity index (χ3n) is 3.55. The molecule has 3 aromatic rings. The first-order valence-corrected chi connectivity index (χ1v) is 7.34. The van der Waals surface area contributed by atoms with Crippen LogP contribution in [0.25, 0.3) is 10.8 Å². The van der Waals surface area contributed by atoms with Crippen LogP contribution in [0.4, 0.5) is 0 Å². The summed E-state index contributed by atoms with van der Waals surface area (Å²) in [7, 11) is 0. The van der Waals surface area contributed by atoms with Crippen molar-refractivity contribution < 1.29 is 0 Å². The fourth-order valence-electron chi connectivity index (χ4n) is 2.61. The van der Waals surface area contributed by atoms with E-state index in [1.54, 1.807) is 12.4 Å². The molecule has 0 aliphatic heterocycles. The average Bonchev–Trinajstić information content (AvgIpc) is 2.53. The Bertz CT molecular complexity index is 752. The van der Waals surface area contributed by atoms with Crippen molar-refractivity contribution in [3.8, 4) is 0 Å². The first kappa shape index (κ1) is 14.0. The summed E-state index contributed by atoms with van der Waals surface area (Å²) < 4.78 is 0. The molecule has 3 rings (SSSR count). The Hall–Kier alpha value is -1.97. The van der Waals surface area contributed by atoms with Gasteiger partial charge in [-0.3, -0.25) is 9.97 Å². The number of aromatic nitrogens is 2. The Morgan fingerprint density at radius 1 is 1.05 bits per heavy atom. The van der Waals surface area contributed by atoms with Crippen LogP contribution in [0.5, 0.6) is 0 Å². The molecule has 0 saturated carbocycles. The molecule has 2 heterocycles. The smallest absolute Gasteiger partial charge is 0.0640 e. The van der Waals surface area contributed by atoms with Gasteiger partial charge in [0.2, 0.25) is 0 Å². The van der Waals surface area contributed by atoms with Crippen LogP contribution in [0.15, 0.2) is 55.1 Å². The fourth-order valence-corrected chi connectivity index (χ4v) is 2.84. The zero-order chi connectivity index (χ0) is 14.7. The van der Waals surface area contributed by atoms with E-state index in [1.807, 2.05) is 24.5 Å². The highest BCUT2D eigenvalue weighted by molar-refractivity contribution is 6.31. The van der Waals surface area contributed by atoms with Gasteiger partial charge in [0.15, 0.2) is 0 Å². The van der Waals surface area contributed by atoms with Crippen molar-refractivity contribution in [1.82, 2.24) is 15.3 Å². The third kappa shape index (κ3) is 2.75. The molecule has 0 amide bonds. The summed E-state index contributed by atoms with van der Waals surface area (Å²) in [6.45, 7) is 2.94. The molecule has 21 heavy (non-hydrogen) atoms. The molecular formula is C17H16ClN3. The van der Waals surface area contributed by atoms with Crippen LogP contribution in [-0.2, 0) is 0 Å². The summed E-state index contributed by atoms with van der Waals surface area (Å²) in [4.78, 5) is 8.27. The molecule has 0 bridgehead atoms. The molecular weight excluding hydrogens is 282 g/mol. The number of hydrogen-bond acceptors (Lipinski definition) is 3. The predicted octanol–water partition coefficient (Wildman–Crippen LogP) is 3.98. The monoisotopic (exact) mass is 297 g/mol. The minimum Gasteiger partial charge on any atom is -0.306 e. The van der Waals surface area contributed by atoms with Crippen molar-refractivity contribution in [2.24, 2.45) is 0 Å². The van der Waals surface area contributed by atoms with Gasteiger partial charge >= 0.3 is 0 Å². The van der Waals surface area contributed by atoms with Gasteiger partial charge in [0.05, 0.1) is 11.1 Å². The zero-order valence-corrected chi connectivity index (χ0v) is 12.5. The van der Waals surface area contributed by atoms with E-state index in [0.717, 1.165) is 17.5 Å². The minimum atomic E-state index is 0.0385. The van der Waals surface area contributed by atoms with Gasteiger partial charge in [0, 0.05) is 30.2 Å². The lowest BCUT2D eigenvalue weighted by Crippen LogP contribution is -2.22. The summed E-state index contributed by atoms with van der Waals surface area (Å²) in [5.41, 5.74) is 2.24. The first-order chi connectivity index (χ1) is 10.3. The Labute approximate surface area is 129 Å². The Kier molecular flexibility index (Phi) is 4.13. The van der Waals surface area contributed by atoms with E-state index < -0.39 is 0 Å². The van der Waals surface area contributed by atoms with Gasteiger partial charge in [-0.05, 0) is 35.2 Å². The average molecular weight is 298 g/mol. The highest BCUT2D eigenvalue weighted by Crippen LogP contribution is 2.31. The van der Waals surface area contributed by atoms with E-state index in [1.165, 1.54) is 10.9 Å². The molecule has 2 aromatic heterocycles. The summed E-state index contributed by atoms with van der Waals surface area (Å²) >= 11 is 6.34. The van der Waals surface area contributed by atoms with E-state index >= 15 is 0 Å². The van der Waals surface area contributed by atoms with Crippen molar-refractivity contribution >= 4 is 22.4 Å². The molecule has 3 nitrogen and oxygen atoms in total. The van der Waals surface area contributed by atoms with Crippen LogP contribution in [0, 0.1) is 0 Å². The molecule has 0 spiro atoms. The van der Waals surface area contributed by atoms with Crippen molar-refractivity contribution in [2.45, 2.75) is 13.0 Å². The van der Waals surface area contributed by atoms with Crippen LogP contribution in [-0.4, -0.2) is 16.5 Å². The Morgan fingerprint density at radius 2 is 1.86 bits per heavy atom.